The molecule has 1 N–H and O–H groups in total. The fraction of sp³-hybridized carbons (Fsp3) is 0.667. The minimum Gasteiger partial charge on any atom is -0.396 e. The van der Waals surface area contributed by atoms with E-state index in [4.69, 9.17) is 4.74 Å². The molecular weight excluding hydrogens is 240 g/mol. The standard InChI is InChI=1S/C15H24N2O2/c1-17(9-6-14-5-2-3-8-16-14)11-15(12-18)7-4-10-19-13-15/h2-3,5,8,18H,4,6-7,9-13H2,1H3. The molecule has 1 atom stereocenters. The fourth-order valence-corrected chi connectivity index (χ4v) is 2.71. The third-order valence-electron chi connectivity index (χ3n) is 3.82. The number of nitrogens with zero attached hydrogens (tertiary/aromatic N) is 2. The molecule has 1 saturated heterocycles. The maximum absolute atomic E-state index is 9.66. The van der Waals surface area contributed by atoms with E-state index in [1.165, 1.54) is 0 Å². The van der Waals surface area contributed by atoms with Gasteiger partial charge in [0.2, 0.25) is 0 Å². The highest BCUT2D eigenvalue weighted by atomic mass is 16.5. The van der Waals surface area contributed by atoms with Crippen molar-refractivity contribution in [2.75, 3.05) is 40.0 Å². The smallest absolute Gasteiger partial charge is 0.0556 e. The lowest BCUT2D eigenvalue weighted by Crippen LogP contribution is -2.44. The zero-order valence-electron chi connectivity index (χ0n) is 11.7. The Balaban J connectivity index is 1.81. The van der Waals surface area contributed by atoms with Crippen molar-refractivity contribution in [1.82, 2.24) is 9.88 Å². The molecule has 0 aromatic carbocycles. The van der Waals surface area contributed by atoms with Gasteiger partial charge in [-0.05, 0) is 32.0 Å². The van der Waals surface area contributed by atoms with Crippen LogP contribution < -0.4 is 0 Å². The predicted octanol–water partition coefficient (Wildman–Crippen LogP) is 1.34. The van der Waals surface area contributed by atoms with Crippen LogP contribution in [0, 0.1) is 5.41 Å². The van der Waals surface area contributed by atoms with Gasteiger partial charge >= 0.3 is 0 Å². The van der Waals surface area contributed by atoms with Crippen LogP contribution in [-0.2, 0) is 11.2 Å². The van der Waals surface area contributed by atoms with Gasteiger partial charge < -0.3 is 14.7 Å². The predicted molar refractivity (Wildman–Crippen MR) is 75.0 cm³/mol. The summed E-state index contributed by atoms with van der Waals surface area (Å²) >= 11 is 0. The number of pyridine rings is 1. The highest BCUT2D eigenvalue weighted by Gasteiger charge is 2.33. The number of hydrogen-bond donors (Lipinski definition) is 1. The Kier molecular flexibility index (Phi) is 5.31. The van der Waals surface area contributed by atoms with Crippen molar-refractivity contribution in [1.29, 1.82) is 0 Å². The molecule has 19 heavy (non-hydrogen) atoms. The minimum absolute atomic E-state index is 0.0723. The van der Waals surface area contributed by atoms with Crippen LogP contribution in [0.25, 0.3) is 0 Å². The molecule has 2 rings (SSSR count). The first kappa shape index (κ1) is 14.4. The molecule has 2 heterocycles. The Labute approximate surface area is 115 Å². The number of hydrogen-bond acceptors (Lipinski definition) is 4. The van der Waals surface area contributed by atoms with Gasteiger partial charge in [0.1, 0.15) is 0 Å². The summed E-state index contributed by atoms with van der Waals surface area (Å²) in [5.41, 5.74) is 1.05. The van der Waals surface area contributed by atoms with E-state index in [0.29, 0.717) is 6.61 Å². The summed E-state index contributed by atoms with van der Waals surface area (Å²) in [6, 6.07) is 6.01. The maximum Gasteiger partial charge on any atom is 0.0556 e. The average Bonchev–Trinajstić information content (AvgIpc) is 2.47. The zero-order valence-corrected chi connectivity index (χ0v) is 11.7. The second kappa shape index (κ2) is 6.98. The molecule has 1 aromatic heterocycles. The van der Waals surface area contributed by atoms with Gasteiger partial charge in [-0.25, -0.2) is 0 Å². The molecule has 4 nitrogen and oxygen atoms in total. The molecule has 0 bridgehead atoms. The first-order chi connectivity index (χ1) is 9.24. The van der Waals surface area contributed by atoms with E-state index in [1.807, 2.05) is 18.3 Å². The molecule has 0 radical (unpaired) electrons. The van der Waals surface area contributed by atoms with Gasteiger partial charge in [0.25, 0.3) is 0 Å². The molecule has 1 fully saturated rings. The van der Waals surface area contributed by atoms with Crippen LogP contribution in [0.2, 0.25) is 0 Å². The normalized spacial score (nSPS) is 23.7. The largest absolute Gasteiger partial charge is 0.396 e. The average molecular weight is 264 g/mol. The Morgan fingerprint density at radius 3 is 3.00 bits per heavy atom. The topological polar surface area (TPSA) is 45.6 Å². The lowest BCUT2D eigenvalue weighted by atomic mass is 9.83. The third kappa shape index (κ3) is 4.27. The summed E-state index contributed by atoms with van der Waals surface area (Å²) in [6.07, 6.45) is 4.88. The molecule has 0 aliphatic carbocycles. The monoisotopic (exact) mass is 264 g/mol. The first-order valence-corrected chi connectivity index (χ1v) is 7.01. The van der Waals surface area contributed by atoms with E-state index in [0.717, 1.165) is 44.7 Å². The van der Waals surface area contributed by atoms with E-state index in [2.05, 4.69) is 23.0 Å². The SMILES string of the molecule is CN(CCc1ccccn1)CC1(CO)CCCOC1. The summed E-state index contributed by atoms with van der Waals surface area (Å²) in [5.74, 6) is 0. The van der Waals surface area contributed by atoms with Gasteiger partial charge in [-0.3, -0.25) is 4.98 Å². The van der Waals surface area contributed by atoms with Gasteiger partial charge in [0, 0.05) is 43.4 Å². The van der Waals surface area contributed by atoms with Crippen molar-refractivity contribution in [2.24, 2.45) is 5.41 Å². The van der Waals surface area contributed by atoms with Crippen molar-refractivity contribution in [3.8, 4) is 0 Å². The summed E-state index contributed by atoms with van der Waals surface area (Å²) < 4.78 is 5.54. The quantitative estimate of drug-likeness (QED) is 0.842. The molecule has 1 aliphatic rings. The second-order valence-electron chi connectivity index (χ2n) is 5.62. The molecule has 0 amide bonds. The molecular formula is C15H24N2O2. The Morgan fingerprint density at radius 1 is 1.47 bits per heavy atom. The molecule has 1 aromatic rings. The summed E-state index contributed by atoms with van der Waals surface area (Å²) in [6.45, 7) is 3.56. The van der Waals surface area contributed by atoms with Crippen molar-refractivity contribution >= 4 is 0 Å². The van der Waals surface area contributed by atoms with Gasteiger partial charge in [-0.15, -0.1) is 0 Å². The highest BCUT2D eigenvalue weighted by Crippen LogP contribution is 2.28. The lowest BCUT2D eigenvalue weighted by Gasteiger charge is -2.38. The van der Waals surface area contributed by atoms with Crippen LogP contribution in [0.3, 0.4) is 0 Å². The van der Waals surface area contributed by atoms with Crippen molar-refractivity contribution in [2.45, 2.75) is 19.3 Å². The Hall–Kier alpha value is -0.970. The van der Waals surface area contributed by atoms with E-state index < -0.39 is 0 Å². The van der Waals surface area contributed by atoms with Gasteiger partial charge in [0.05, 0.1) is 13.2 Å². The first-order valence-electron chi connectivity index (χ1n) is 7.01. The maximum atomic E-state index is 9.66. The van der Waals surface area contributed by atoms with E-state index >= 15 is 0 Å². The van der Waals surface area contributed by atoms with Crippen LogP contribution in [0.4, 0.5) is 0 Å². The summed E-state index contributed by atoms with van der Waals surface area (Å²) in [4.78, 5) is 6.61. The second-order valence-corrected chi connectivity index (χ2v) is 5.62. The Morgan fingerprint density at radius 2 is 2.37 bits per heavy atom. The number of aromatic nitrogens is 1. The number of ether oxygens (including phenoxy) is 1. The molecule has 1 aliphatic heterocycles. The van der Waals surface area contributed by atoms with Crippen LogP contribution in [-0.4, -0.2) is 54.9 Å². The van der Waals surface area contributed by atoms with Crippen LogP contribution >= 0.6 is 0 Å². The minimum atomic E-state index is -0.0723. The zero-order chi connectivity index (χ0) is 13.6. The van der Waals surface area contributed by atoms with E-state index in [1.54, 1.807) is 0 Å². The molecule has 106 valence electrons. The van der Waals surface area contributed by atoms with Crippen LogP contribution in [0.5, 0.6) is 0 Å². The van der Waals surface area contributed by atoms with Gasteiger partial charge in [-0.1, -0.05) is 6.07 Å². The summed E-state index contributed by atoms with van der Waals surface area (Å²) in [5, 5.41) is 9.66. The van der Waals surface area contributed by atoms with Crippen molar-refractivity contribution in [3.05, 3.63) is 30.1 Å². The van der Waals surface area contributed by atoms with Crippen molar-refractivity contribution in [3.63, 3.8) is 0 Å². The van der Waals surface area contributed by atoms with E-state index in [9.17, 15) is 5.11 Å². The van der Waals surface area contributed by atoms with Crippen molar-refractivity contribution < 1.29 is 9.84 Å². The molecule has 0 saturated carbocycles. The number of rotatable bonds is 6. The number of aliphatic hydroxyl groups excluding tert-OH is 1. The highest BCUT2D eigenvalue weighted by molar-refractivity contribution is 5.03. The lowest BCUT2D eigenvalue weighted by molar-refractivity contribution is -0.0520. The number of aliphatic hydroxyl groups is 1. The fourth-order valence-electron chi connectivity index (χ4n) is 2.71. The Bertz CT molecular complexity index is 364. The van der Waals surface area contributed by atoms with Gasteiger partial charge in [-0.2, -0.15) is 0 Å². The van der Waals surface area contributed by atoms with Crippen LogP contribution in [0.15, 0.2) is 24.4 Å². The summed E-state index contributed by atoms with van der Waals surface area (Å²) in [7, 11) is 2.11. The van der Waals surface area contributed by atoms with Gasteiger partial charge in [0.15, 0.2) is 0 Å². The van der Waals surface area contributed by atoms with E-state index in [-0.39, 0.29) is 12.0 Å². The molecule has 4 heteroatoms. The third-order valence-corrected chi connectivity index (χ3v) is 3.82. The van der Waals surface area contributed by atoms with Crippen LogP contribution in [0.1, 0.15) is 18.5 Å². The molecule has 1 unspecified atom stereocenters. The number of likely N-dealkylation sites (N-methyl/N-ethyl adjacent to an activating group) is 1. The molecule has 0 spiro atoms.